The molecule has 0 fully saturated rings. The van der Waals surface area contributed by atoms with Gasteiger partial charge in [-0.15, -0.1) is 0 Å². The van der Waals surface area contributed by atoms with E-state index in [9.17, 15) is 18.7 Å². The summed E-state index contributed by atoms with van der Waals surface area (Å²) in [5, 5.41) is 13.4. The van der Waals surface area contributed by atoms with Gasteiger partial charge >= 0.3 is 0 Å². The van der Waals surface area contributed by atoms with Crippen LogP contribution in [0.1, 0.15) is 28.7 Å². The van der Waals surface area contributed by atoms with Crippen molar-refractivity contribution in [3.8, 4) is 11.1 Å². The number of benzene rings is 1. The first kappa shape index (κ1) is 19.9. The SMILES string of the molecule is CN(C)C(=O)C(O)c1cncc(-c2cnc3c(c2)C(c2cccc(F)c2F)CN3)c1. The van der Waals surface area contributed by atoms with Gasteiger partial charge in [-0.05, 0) is 18.2 Å². The molecule has 1 amide bonds. The minimum absolute atomic E-state index is 0.263. The molecule has 1 aliphatic heterocycles. The van der Waals surface area contributed by atoms with Gasteiger partial charge in [0.2, 0.25) is 0 Å². The van der Waals surface area contributed by atoms with Gasteiger partial charge in [-0.2, -0.15) is 0 Å². The molecule has 3 aromatic rings. The largest absolute Gasteiger partial charge is 0.378 e. The maximum Gasteiger partial charge on any atom is 0.255 e. The molecule has 8 heteroatoms. The van der Waals surface area contributed by atoms with Gasteiger partial charge in [0.15, 0.2) is 17.7 Å². The molecule has 2 unspecified atom stereocenters. The number of likely N-dealkylation sites (N-methyl/N-ethyl adjacent to an activating group) is 1. The van der Waals surface area contributed by atoms with Crippen LogP contribution in [0.4, 0.5) is 14.6 Å². The molecule has 0 aliphatic carbocycles. The number of nitrogens with one attached hydrogen (secondary N) is 1. The standard InChI is InChI=1S/C22H20F2N4O2/c1-28(2)22(30)20(29)14-6-12(8-25-9-14)13-7-16-17(11-27-21(16)26-10-13)15-4-3-5-18(23)19(15)24/h3-10,17,20,29H,11H2,1-2H3,(H,26,27). The van der Waals surface area contributed by atoms with Crippen LogP contribution in [0, 0.1) is 11.6 Å². The van der Waals surface area contributed by atoms with Gasteiger partial charge in [0.25, 0.3) is 5.91 Å². The Morgan fingerprint density at radius 3 is 2.70 bits per heavy atom. The Kier molecular flexibility index (Phi) is 5.17. The number of pyridine rings is 2. The minimum atomic E-state index is -1.33. The third-order valence-corrected chi connectivity index (χ3v) is 5.21. The van der Waals surface area contributed by atoms with Crippen LogP contribution < -0.4 is 5.32 Å². The fourth-order valence-electron chi connectivity index (χ4n) is 3.58. The lowest BCUT2D eigenvalue weighted by Crippen LogP contribution is -2.28. The number of fused-ring (bicyclic) bond motifs is 1. The van der Waals surface area contributed by atoms with Crippen molar-refractivity contribution in [2.75, 3.05) is 26.0 Å². The van der Waals surface area contributed by atoms with Crippen molar-refractivity contribution in [1.82, 2.24) is 14.9 Å². The van der Waals surface area contributed by atoms with Crippen LogP contribution in [0.25, 0.3) is 11.1 Å². The molecule has 0 saturated carbocycles. The van der Waals surface area contributed by atoms with Crippen molar-refractivity contribution in [2.45, 2.75) is 12.0 Å². The molecule has 1 aliphatic rings. The summed E-state index contributed by atoms with van der Waals surface area (Å²) in [5.41, 5.74) is 2.71. The van der Waals surface area contributed by atoms with Gasteiger partial charge in [-0.25, -0.2) is 13.8 Å². The van der Waals surface area contributed by atoms with Crippen LogP contribution in [-0.4, -0.2) is 46.5 Å². The molecule has 6 nitrogen and oxygen atoms in total. The first-order valence-electron chi connectivity index (χ1n) is 9.39. The summed E-state index contributed by atoms with van der Waals surface area (Å²) >= 11 is 0. The van der Waals surface area contributed by atoms with Gasteiger partial charge in [0.05, 0.1) is 0 Å². The second-order valence-corrected chi connectivity index (χ2v) is 7.38. The van der Waals surface area contributed by atoms with Gasteiger partial charge in [-0.3, -0.25) is 9.78 Å². The zero-order valence-electron chi connectivity index (χ0n) is 16.4. The summed E-state index contributed by atoms with van der Waals surface area (Å²) in [7, 11) is 3.12. The van der Waals surface area contributed by atoms with E-state index in [1.165, 1.54) is 17.2 Å². The van der Waals surface area contributed by atoms with Crippen molar-refractivity contribution in [1.29, 1.82) is 0 Å². The second-order valence-electron chi connectivity index (χ2n) is 7.38. The van der Waals surface area contributed by atoms with E-state index >= 15 is 0 Å². The lowest BCUT2D eigenvalue weighted by molar-refractivity contribution is -0.137. The fraction of sp³-hybridized carbons (Fsp3) is 0.227. The number of aliphatic hydroxyl groups excluding tert-OH is 1. The highest BCUT2D eigenvalue weighted by atomic mass is 19.2. The number of amides is 1. The van der Waals surface area contributed by atoms with Crippen LogP contribution >= 0.6 is 0 Å². The minimum Gasteiger partial charge on any atom is -0.378 e. The van der Waals surface area contributed by atoms with Crippen LogP contribution in [0.2, 0.25) is 0 Å². The number of halogens is 2. The first-order valence-corrected chi connectivity index (χ1v) is 9.39. The molecule has 2 atom stereocenters. The molecule has 30 heavy (non-hydrogen) atoms. The zero-order chi connectivity index (χ0) is 21.4. The van der Waals surface area contributed by atoms with E-state index in [-0.39, 0.29) is 11.5 Å². The Morgan fingerprint density at radius 2 is 1.93 bits per heavy atom. The highest BCUT2D eigenvalue weighted by Crippen LogP contribution is 2.38. The highest BCUT2D eigenvalue weighted by Gasteiger charge is 2.29. The molecule has 0 saturated heterocycles. The van der Waals surface area contributed by atoms with Crippen molar-refractivity contribution in [2.24, 2.45) is 0 Å². The van der Waals surface area contributed by atoms with E-state index in [0.29, 0.717) is 29.1 Å². The Balaban J connectivity index is 1.71. The summed E-state index contributed by atoms with van der Waals surface area (Å²) in [6, 6.07) is 7.66. The smallest absolute Gasteiger partial charge is 0.255 e. The molecule has 0 bridgehead atoms. The Labute approximate surface area is 172 Å². The summed E-state index contributed by atoms with van der Waals surface area (Å²) < 4.78 is 28.1. The van der Waals surface area contributed by atoms with E-state index in [0.717, 1.165) is 11.6 Å². The molecule has 0 radical (unpaired) electrons. The van der Waals surface area contributed by atoms with Crippen LogP contribution in [0.5, 0.6) is 0 Å². The predicted octanol–water partition coefficient (Wildman–Crippen LogP) is 3.10. The zero-order valence-corrected chi connectivity index (χ0v) is 16.4. The van der Waals surface area contributed by atoms with Gasteiger partial charge in [-0.1, -0.05) is 12.1 Å². The number of hydrogen-bond acceptors (Lipinski definition) is 5. The first-order chi connectivity index (χ1) is 14.4. The quantitative estimate of drug-likeness (QED) is 0.691. The molecular weight excluding hydrogens is 390 g/mol. The Morgan fingerprint density at radius 1 is 1.17 bits per heavy atom. The van der Waals surface area contributed by atoms with Crippen molar-refractivity contribution in [3.05, 3.63) is 77.2 Å². The van der Waals surface area contributed by atoms with Crippen molar-refractivity contribution in [3.63, 3.8) is 0 Å². The van der Waals surface area contributed by atoms with E-state index < -0.39 is 23.6 Å². The monoisotopic (exact) mass is 410 g/mol. The number of rotatable bonds is 4. The second kappa shape index (κ2) is 7.79. The number of anilines is 1. The molecule has 2 aromatic heterocycles. The maximum absolute atomic E-state index is 14.4. The molecule has 154 valence electrons. The summed E-state index contributed by atoms with van der Waals surface area (Å²) in [6.45, 7) is 0.403. The molecule has 4 rings (SSSR count). The van der Waals surface area contributed by atoms with Crippen LogP contribution in [-0.2, 0) is 4.79 Å². The average Bonchev–Trinajstić information content (AvgIpc) is 3.17. The number of carbonyl (C=O) groups is 1. The van der Waals surface area contributed by atoms with E-state index in [2.05, 4.69) is 15.3 Å². The summed E-state index contributed by atoms with van der Waals surface area (Å²) in [6.07, 6.45) is 3.34. The average molecular weight is 410 g/mol. The number of hydrogen-bond donors (Lipinski definition) is 2. The van der Waals surface area contributed by atoms with Crippen LogP contribution in [0.15, 0.2) is 48.9 Å². The number of nitrogens with zero attached hydrogens (tertiary/aromatic N) is 3. The highest BCUT2D eigenvalue weighted by molar-refractivity contribution is 5.82. The lowest BCUT2D eigenvalue weighted by Gasteiger charge is -2.16. The van der Waals surface area contributed by atoms with E-state index in [1.807, 2.05) is 6.07 Å². The van der Waals surface area contributed by atoms with Crippen molar-refractivity contribution >= 4 is 11.7 Å². The Bertz CT molecular complexity index is 1120. The third-order valence-electron chi connectivity index (χ3n) is 5.21. The van der Waals surface area contributed by atoms with Crippen molar-refractivity contribution < 1.29 is 18.7 Å². The predicted molar refractivity (Wildman–Crippen MR) is 108 cm³/mol. The molecular formula is C22H20F2N4O2. The number of aromatic nitrogens is 2. The third kappa shape index (κ3) is 3.50. The molecule has 1 aromatic carbocycles. The molecule has 3 heterocycles. The van der Waals surface area contributed by atoms with Crippen LogP contribution in [0.3, 0.4) is 0 Å². The number of carbonyl (C=O) groups excluding carboxylic acids is 1. The summed E-state index contributed by atoms with van der Waals surface area (Å²) in [4.78, 5) is 21.9. The van der Waals surface area contributed by atoms with Gasteiger partial charge < -0.3 is 15.3 Å². The molecule has 0 spiro atoms. The summed E-state index contributed by atoms with van der Waals surface area (Å²) in [5.74, 6) is -1.98. The van der Waals surface area contributed by atoms with Gasteiger partial charge in [0.1, 0.15) is 5.82 Å². The Hall–Kier alpha value is -3.39. The normalized spacial score (nSPS) is 16.0. The maximum atomic E-state index is 14.4. The number of aliphatic hydroxyl groups is 1. The lowest BCUT2D eigenvalue weighted by atomic mass is 9.92. The van der Waals surface area contributed by atoms with Gasteiger partial charge in [0, 0.05) is 73.0 Å². The topological polar surface area (TPSA) is 78.4 Å². The molecule has 2 N–H and O–H groups in total. The fourth-order valence-corrected chi connectivity index (χ4v) is 3.58. The van der Waals surface area contributed by atoms with E-state index in [1.54, 1.807) is 38.6 Å². The van der Waals surface area contributed by atoms with E-state index in [4.69, 9.17) is 0 Å².